The van der Waals surface area contributed by atoms with Crippen molar-refractivity contribution < 1.29 is 4.74 Å². The van der Waals surface area contributed by atoms with Gasteiger partial charge in [0.1, 0.15) is 17.9 Å². The summed E-state index contributed by atoms with van der Waals surface area (Å²) in [5.74, 6) is 3.20. The Bertz CT molecular complexity index is 810. The van der Waals surface area contributed by atoms with Gasteiger partial charge in [0.25, 0.3) is 5.78 Å². The van der Waals surface area contributed by atoms with E-state index < -0.39 is 0 Å². The predicted octanol–water partition coefficient (Wildman–Crippen LogP) is 2.12. The topological polar surface area (TPSA) is 68.4 Å². The maximum atomic E-state index is 5.87. The summed E-state index contributed by atoms with van der Waals surface area (Å²) >= 11 is 0. The van der Waals surface area contributed by atoms with E-state index in [-0.39, 0.29) is 0 Å². The van der Waals surface area contributed by atoms with Crippen LogP contribution >= 0.6 is 0 Å². The van der Waals surface area contributed by atoms with Gasteiger partial charge in [-0.05, 0) is 37.8 Å². The van der Waals surface area contributed by atoms with E-state index in [0.717, 1.165) is 49.8 Å². The molecule has 4 heterocycles. The van der Waals surface area contributed by atoms with Crippen molar-refractivity contribution in [3.63, 3.8) is 0 Å². The fraction of sp³-hybridized carbons (Fsp3) is 0.412. The molecule has 1 fully saturated rings. The van der Waals surface area contributed by atoms with Gasteiger partial charge in [0.15, 0.2) is 0 Å². The maximum Gasteiger partial charge on any atom is 0.254 e. The number of pyridine rings is 1. The minimum atomic E-state index is 0.573. The molecule has 0 aromatic carbocycles. The second kappa shape index (κ2) is 6.43. The van der Waals surface area contributed by atoms with Crippen molar-refractivity contribution in [2.24, 2.45) is 5.92 Å². The van der Waals surface area contributed by atoms with Crippen LogP contribution in [0.4, 0.5) is 5.82 Å². The highest BCUT2D eigenvalue weighted by Gasteiger charge is 2.22. The molecule has 0 aliphatic carbocycles. The summed E-state index contributed by atoms with van der Waals surface area (Å²) < 4.78 is 7.69. The van der Waals surface area contributed by atoms with Gasteiger partial charge in [-0.1, -0.05) is 0 Å². The molecule has 1 saturated heterocycles. The Balaban J connectivity index is 1.39. The number of aromatic nitrogens is 5. The van der Waals surface area contributed by atoms with Gasteiger partial charge in [-0.2, -0.15) is 14.6 Å². The molecule has 3 aromatic heterocycles. The molecule has 3 aromatic rings. The van der Waals surface area contributed by atoms with Gasteiger partial charge in [-0.15, -0.1) is 0 Å². The largest absolute Gasteiger partial charge is 0.493 e. The van der Waals surface area contributed by atoms with E-state index in [2.05, 4.69) is 31.0 Å². The van der Waals surface area contributed by atoms with Crippen molar-refractivity contribution in [1.29, 1.82) is 0 Å². The molecular weight excluding hydrogens is 304 g/mol. The molecule has 24 heavy (non-hydrogen) atoms. The second-order valence-corrected chi connectivity index (χ2v) is 6.15. The van der Waals surface area contributed by atoms with Crippen LogP contribution in [0, 0.1) is 12.8 Å². The SMILES string of the molecule is Cc1cc(N2CCC(COc3ccncc3)CC2)n2ncnc2n1. The number of nitrogens with zero attached hydrogens (tertiary/aromatic N) is 6. The Kier molecular flexibility index (Phi) is 3.98. The maximum absolute atomic E-state index is 5.87. The van der Waals surface area contributed by atoms with E-state index in [4.69, 9.17) is 4.74 Å². The molecule has 0 N–H and O–H groups in total. The summed E-state index contributed by atoms with van der Waals surface area (Å²) in [5, 5.41) is 4.30. The van der Waals surface area contributed by atoms with Gasteiger partial charge in [0.2, 0.25) is 0 Å². The van der Waals surface area contributed by atoms with Gasteiger partial charge in [-0.3, -0.25) is 4.98 Å². The van der Waals surface area contributed by atoms with Crippen LogP contribution in [0.2, 0.25) is 0 Å². The van der Waals surface area contributed by atoms with Crippen LogP contribution in [0.3, 0.4) is 0 Å². The summed E-state index contributed by atoms with van der Waals surface area (Å²) in [6.45, 7) is 4.73. The highest BCUT2D eigenvalue weighted by molar-refractivity contribution is 5.47. The van der Waals surface area contributed by atoms with Crippen molar-refractivity contribution in [3.8, 4) is 5.75 Å². The number of piperidine rings is 1. The zero-order chi connectivity index (χ0) is 16.4. The van der Waals surface area contributed by atoms with Crippen LogP contribution in [-0.4, -0.2) is 44.3 Å². The minimum absolute atomic E-state index is 0.573. The Hall–Kier alpha value is -2.70. The third-order valence-corrected chi connectivity index (χ3v) is 4.44. The van der Waals surface area contributed by atoms with E-state index in [1.807, 2.05) is 23.6 Å². The average molecular weight is 324 g/mol. The first kappa shape index (κ1) is 14.9. The molecule has 1 aliphatic heterocycles. The molecule has 0 radical (unpaired) electrons. The van der Waals surface area contributed by atoms with Crippen molar-refractivity contribution in [3.05, 3.63) is 42.6 Å². The third kappa shape index (κ3) is 3.02. The van der Waals surface area contributed by atoms with Gasteiger partial charge in [0, 0.05) is 37.2 Å². The lowest BCUT2D eigenvalue weighted by molar-refractivity contribution is 0.222. The minimum Gasteiger partial charge on any atom is -0.493 e. The normalized spacial score (nSPS) is 15.8. The Labute approximate surface area is 140 Å². The van der Waals surface area contributed by atoms with Crippen LogP contribution < -0.4 is 9.64 Å². The number of fused-ring (bicyclic) bond motifs is 1. The van der Waals surface area contributed by atoms with Crippen LogP contribution in [-0.2, 0) is 0 Å². The Morgan fingerprint density at radius 3 is 2.79 bits per heavy atom. The van der Waals surface area contributed by atoms with Gasteiger partial charge >= 0.3 is 0 Å². The van der Waals surface area contributed by atoms with E-state index in [9.17, 15) is 0 Å². The lowest BCUT2D eigenvalue weighted by Crippen LogP contribution is -2.36. The average Bonchev–Trinajstić information content (AvgIpc) is 3.09. The van der Waals surface area contributed by atoms with Gasteiger partial charge in [-0.25, -0.2) is 4.98 Å². The summed E-state index contributed by atoms with van der Waals surface area (Å²) in [5.41, 5.74) is 0.966. The number of hydrogen-bond acceptors (Lipinski definition) is 6. The van der Waals surface area contributed by atoms with Gasteiger partial charge < -0.3 is 9.64 Å². The summed E-state index contributed by atoms with van der Waals surface area (Å²) in [6.07, 6.45) is 7.27. The predicted molar refractivity (Wildman–Crippen MR) is 90.2 cm³/mol. The molecule has 0 unspecified atom stereocenters. The van der Waals surface area contributed by atoms with E-state index in [1.54, 1.807) is 18.7 Å². The zero-order valence-electron chi connectivity index (χ0n) is 13.7. The quantitative estimate of drug-likeness (QED) is 0.732. The molecule has 0 amide bonds. The van der Waals surface area contributed by atoms with Crippen LogP contribution in [0.25, 0.3) is 5.78 Å². The highest BCUT2D eigenvalue weighted by Crippen LogP contribution is 2.24. The lowest BCUT2D eigenvalue weighted by Gasteiger charge is -2.33. The monoisotopic (exact) mass is 324 g/mol. The third-order valence-electron chi connectivity index (χ3n) is 4.44. The number of rotatable bonds is 4. The molecule has 7 nitrogen and oxygen atoms in total. The Morgan fingerprint density at radius 1 is 1.21 bits per heavy atom. The zero-order valence-corrected chi connectivity index (χ0v) is 13.7. The van der Waals surface area contributed by atoms with Crippen LogP contribution in [0.15, 0.2) is 36.9 Å². The van der Waals surface area contributed by atoms with E-state index in [1.165, 1.54) is 0 Å². The first-order chi connectivity index (χ1) is 11.8. The number of aryl methyl sites for hydroxylation is 1. The van der Waals surface area contributed by atoms with Gasteiger partial charge in [0.05, 0.1) is 6.61 Å². The van der Waals surface area contributed by atoms with Crippen LogP contribution in [0.1, 0.15) is 18.5 Å². The van der Waals surface area contributed by atoms with Crippen molar-refractivity contribution in [2.45, 2.75) is 19.8 Å². The first-order valence-corrected chi connectivity index (χ1v) is 8.25. The molecular formula is C17H20N6O. The highest BCUT2D eigenvalue weighted by atomic mass is 16.5. The first-order valence-electron chi connectivity index (χ1n) is 8.25. The molecule has 0 saturated carbocycles. The number of ether oxygens (including phenoxy) is 1. The molecule has 7 heteroatoms. The smallest absolute Gasteiger partial charge is 0.254 e. The van der Waals surface area contributed by atoms with Crippen molar-refractivity contribution >= 4 is 11.6 Å². The van der Waals surface area contributed by atoms with Crippen LogP contribution in [0.5, 0.6) is 5.75 Å². The number of hydrogen-bond donors (Lipinski definition) is 0. The lowest BCUT2D eigenvalue weighted by atomic mass is 9.98. The fourth-order valence-electron chi connectivity index (χ4n) is 3.11. The molecule has 0 atom stereocenters. The fourth-order valence-corrected chi connectivity index (χ4v) is 3.11. The molecule has 1 aliphatic rings. The van der Waals surface area contributed by atoms with Crippen molar-refractivity contribution in [1.82, 2.24) is 24.6 Å². The summed E-state index contributed by atoms with van der Waals surface area (Å²) in [4.78, 5) is 15.0. The van der Waals surface area contributed by atoms with Crippen molar-refractivity contribution in [2.75, 3.05) is 24.6 Å². The van der Waals surface area contributed by atoms with E-state index >= 15 is 0 Å². The Morgan fingerprint density at radius 2 is 2.00 bits per heavy atom. The molecule has 124 valence electrons. The summed E-state index contributed by atoms with van der Waals surface area (Å²) in [6, 6.07) is 5.88. The molecule has 0 bridgehead atoms. The standard InChI is InChI=1S/C17H20N6O/c1-13-10-16(23-17(21-13)19-12-20-23)22-8-4-14(5-9-22)11-24-15-2-6-18-7-3-15/h2-3,6-7,10,12,14H,4-5,8-9,11H2,1H3. The number of anilines is 1. The van der Waals surface area contributed by atoms with E-state index in [0.29, 0.717) is 11.7 Å². The summed E-state index contributed by atoms with van der Waals surface area (Å²) in [7, 11) is 0. The molecule has 0 spiro atoms. The second-order valence-electron chi connectivity index (χ2n) is 6.15. The molecule has 4 rings (SSSR count).